The number of fused-ring (bicyclic) bond motifs is 1. The van der Waals surface area contributed by atoms with Crippen molar-refractivity contribution in [1.82, 2.24) is 15.2 Å². The molecule has 4 rings (SSSR count). The Morgan fingerprint density at radius 2 is 2.03 bits per heavy atom. The zero-order valence-corrected chi connectivity index (χ0v) is 17.7. The molecule has 1 aromatic heterocycles. The van der Waals surface area contributed by atoms with Gasteiger partial charge in [-0.2, -0.15) is 5.26 Å². The van der Waals surface area contributed by atoms with Crippen molar-refractivity contribution in [3.63, 3.8) is 0 Å². The highest BCUT2D eigenvalue weighted by Gasteiger charge is 2.23. The molecule has 0 radical (unpaired) electrons. The van der Waals surface area contributed by atoms with Gasteiger partial charge >= 0.3 is 4.87 Å². The summed E-state index contributed by atoms with van der Waals surface area (Å²) in [5, 5.41) is 15.6. The topological polar surface area (TPSA) is 86.9 Å². The minimum Gasteiger partial charge on any atom is -0.339 e. The summed E-state index contributed by atoms with van der Waals surface area (Å²) in [6.45, 7) is 0.850. The van der Waals surface area contributed by atoms with Crippen molar-refractivity contribution < 1.29 is 4.79 Å². The van der Waals surface area contributed by atoms with Gasteiger partial charge in [0, 0.05) is 13.5 Å². The Kier molecular flexibility index (Phi) is 5.98. The molecule has 2 heterocycles. The number of nitriles is 1. The Hall–Kier alpha value is -2.95. The molecule has 0 spiro atoms. The molecule has 1 aliphatic rings. The van der Waals surface area contributed by atoms with Crippen molar-refractivity contribution in [3.8, 4) is 17.2 Å². The van der Waals surface area contributed by atoms with E-state index < -0.39 is 6.04 Å². The predicted octanol–water partition coefficient (Wildman–Crippen LogP) is 2.96. The number of rotatable bonds is 5. The summed E-state index contributed by atoms with van der Waals surface area (Å²) in [6, 6.07) is 15.5. The number of piperidine rings is 1. The number of carbonyl (C=O) groups is 1. The number of hydrogen-bond donors (Lipinski definition) is 2. The molecule has 2 N–H and O–H groups in total. The molecule has 0 aliphatic carbocycles. The lowest BCUT2D eigenvalue weighted by Crippen LogP contribution is -2.49. The van der Waals surface area contributed by atoms with Crippen LogP contribution in [0.25, 0.3) is 21.3 Å². The summed E-state index contributed by atoms with van der Waals surface area (Å²) in [5.41, 5.74) is 4.02. The van der Waals surface area contributed by atoms with Gasteiger partial charge < -0.3 is 15.2 Å². The molecule has 3 aromatic rings. The highest BCUT2D eigenvalue weighted by Crippen LogP contribution is 2.26. The maximum absolute atomic E-state index is 12.4. The molecule has 30 heavy (non-hydrogen) atoms. The number of thiazole rings is 1. The van der Waals surface area contributed by atoms with E-state index in [4.69, 9.17) is 0 Å². The predicted molar refractivity (Wildman–Crippen MR) is 119 cm³/mol. The van der Waals surface area contributed by atoms with Crippen LogP contribution in [0.5, 0.6) is 0 Å². The molecular weight excluding hydrogens is 396 g/mol. The SMILES string of the molecule is Cn1c(=O)sc2cc(-c3ccc(C[C@@H](C#N)NC(=O)[C@@H]4CCCCN4)cc3)ccc21. The van der Waals surface area contributed by atoms with E-state index in [9.17, 15) is 14.9 Å². The number of hydrogen-bond acceptors (Lipinski definition) is 5. The van der Waals surface area contributed by atoms with Gasteiger partial charge in [-0.15, -0.1) is 0 Å². The lowest BCUT2D eigenvalue weighted by atomic mass is 10.00. The van der Waals surface area contributed by atoms with Crippen LogP contribution in [-0.4, -0.2) is 29.1 Å². The Morgan fingerprint density at radius 3 is 2.73 bits per heavy atom. The second-order valence-electron chi connectivity index (χ2n) is 7.70. The minimum absolute atomic E-state index is 0.0329. The Labute approximate surface area is 179 Å². The summed E-state index contributed by atoms with van der Waals surface area (Å²) < 4.78 is 2.62. The first-order chi connectivity index (χ1) is 14.5. The quantitative estimate of drug-likeness (QED) is 0.664. The highest BCUT2D eigenvalue weighted by molar-refractivity contribution is 7.16. The van der Waals surface area contributed by atoms with E-state index in [1.165, 1.54) is 11.3 Å². The monoisotopic (exact) mass is 420 g/mol. The third kappa shape index (κ3) is 4.30. The molecule has 154 valence electrons. The Morgan fingerprint density at radius 1 is 1.27 bits per heavy atom. The van der Waals surface area contributed by atoms with Crippen LogP contribution in [-0.2, 0) is 18.3 Å². The molecule has 7 heteroatoms. The first-order valence-corrected chi connectivity index (χ1v) is 11.0. The number of benzene rings is 2. The first kappa shape index (κ1) is 20.3. The summed E-state index contributed by atoms with van der Waals surface area (Å²) >= 11 is 1.25. The van der Waals surface area contributed by atoms with E-state index in [-0.39, 0.29) is 16.8 Å². The van der Waals surface area contributed by atoms with Crippen LogP contribution >= 0.6 is 11.3 Å². The van der Waals surface area contributed by atoms with E-state index in [0.717, 1.165) is 52.7 Å². The summed E-state index contributed by atoms with van der Waals surface area (Å²) in [4.78, 5) is 24.3. The molecule has 1 aliphatic heterocycles. The van der Waals surface area contributed by atoms with E-state index in [0.29, 0.717) is 6.42 Å². The fraction of sp³-hybridized carbons (Fsp3) is 0.348. The van der Waals surface area contributed by atoms with Crippen LogP contribution in [0.3, 0.4) is 0 Å². The van der Waals surface area contributed by atoms with Gasteiger partial charge in [0.1, 0.15) is 6.04 Å². The van der Waals surface area contributed by atoms with Crippen LogP contribution in [0.2, 0.25) is 0 Å². The molecular formula is C23H24N4O2S. The van der Waals surface area contributed by atoms with Gasteiger partial charge in [0.25, 0.3) is 0 Å². The van der Waals surface area contributed by atoms with Crippen LogP contribution < -0.4 is 15.5 Å². The van der Waals surface area contributed by atoms with Crippen molar-refractivity contribution in [2.24, 2.45) is 7.05 Å². The molecule has 1 fully saturated rings. The highest BCUT2D eigenvalue weighted by atomic mass is 32.1. The lowest BCUT2D eigenvalue weighted by molar-refractivity contribution is -0.124. The van der Waals surface area contributed by atoms with Crippen molar-refractivity contribution in [2.75, 3.05) is 6.54 Å². The second kappa shape index (κ2) is 8.82. The van der Waals surface area contributed by atoms with Gasteiger partial charge in [0.05, 0.1) is 22.3 Å². The average Bonchev–Trinajstić information content (AvgIpc) is 3.07. The molecule has 2 aromatic carbocycles. The van der Waals surface area contributed by atoms with Crippen molar-refractivity contribution in [2.45, 2.75) is 37.8 Å². The van der Waals surface area contributed by atoms with Crippen LogP contribution in [0.1, 0.15) is 24.8 Å². The van der Waals surface area contributed by atoms with Crippen LogP contribution in [0, 0.1) is 11.3 Å². The smallest absolute Gasteiger partial charge is 0.307 e. The zero-order chi connectivity index (χ0) is 21.1. The Balaban J connectivity index is 1.44. The molecule has 1 saturated heterocycles. The number of nitrogens with one attached hydrogen (secondary N) is 2. The van der Waals surface area contributed by atoms with Gasteiger partial charge in [0.2, 0.25) is 5.91 Å². The Bertz CT molecular complexity index is 1150. The maximum atomic E-state index is 12.4. The first-order valence-electron chi connectivity index (χ1n) is 10.2. The van der Waals surface area contributed by atoms with E-state index >= 15 is 0 Å². The molecule has 0 saturated carbocycles. The number of carbonyl (C=O) groups excluding carboxylic acids is 1. The fourth-order valence-electron chi connectivity index (χ4n) is 3.86. The maximum Gasteiger partial charge on any atom is 0.307 e. The molecule has 2 atom stereocenters. The van der Waals surface area contributed by atoms with Crippen molar-refractivity contribution in [1.29, 1.82) is 5.26 Å². The van der Waals surface area contributed by atoms with Crippen LogP contribution in [0.4, 0.5) is 0 Å². The number of nitrogens with zero attached hydrogens (tertiary/aromatic N) is 2. The number of amides is 1. The van der Waals surface area contributed by atoms with E-state index in [1.807, 2.05) is 42.5 Å². The second-order valence-corrected chi connectivity index (χ2v) is 8.70. The van der Waals surface area contributed by atoms with Gasteiger partial charge in [0.15, 0.2) is 0 Å². The zero-order valence-electron chi connectivity index (χ0n) is 16.9. The molecule has 0 bridgehead atoms. The van der Waals surface area contributed by atoms with Crippen molar-refractivity contribution in [3.05, 3.63) is 57.7 Å². The fourth-order valence-corrected chi connectivity index (χ4v) is 4.78. The molecule has 6 nitrogen and oxygen atoms in total. The van der Waals surface area contributed by atoms with Gasteiger partial charge in [-0.25, -0.2) is 0 Å². The lowest BCUT2D eigenvalue weighted by Gasteiger charge is -2.23. The standard InChI is InChI=1S/C23H24N4O2S/c1-27-20-10-9-17(13-21(20)30-23(27)29)16-7-5-15(6-8-16)12-18(14-24)26-22(28)19-4-2-3-11-25-19/h5-10,13,18-19,25H,2-4,11-12H2,1H3,(H,26,28)/t18-,19-/m0/s1. The molecule has 0 unspecified atom stereocenters. The largest absolute Gasteiger partial charge is 0.339 e. The minimum atomic E-state index is -0.551. The summed E-state index contributed by atoms with van der Waals surface area (Å²) in [7, 11) is 1.78. The van der Waals surface area contributed by atoms with Crippen molar-refractivity contribution >= 4 is 27.5 Å². The number of aromatic nitrogens is 1. The van der Waals surface area contributed by atoms with Gasteiger partial charge in [-0.05, 0) is 48.2 Å². The molecule has 1 amide bonds. The van der Waals surface area contributed by atoms with Gasteiger partial charge in [-0.1, -0.05) is 48.1 Å². The normalized spacial score (nSPS) is 17.4. The van der Waals surface area contributed by atoms with E-state index in [2.05, 4.69) is 16.7 Å². The summed E-state index contributed by atoms with van der Waals surface area (Å²) in [5.74, 6) is -0.0898. The average molecular weight is 421 g/mol. The van der Waals surface area contributed by atoms with Crippen LogP contribution in [0.15, 0.2) is 47.3 Å². The number of aryl methyl sites for hydroxylation is 1. The third-order valence-electron chi connectivity index (χ3n) is 5.62. The van der Waals surface area contributed by atoms with E-state index in [1.54, 1.807) is 11.6 Å². The summed E-state index contributed by atoms with van der Waals surface area (Å²) in [6.07, 6.45) is 3.41. The van der Waals surface area contributed by atoms with Gasteiger partial charge in [-0.3, -0.25) is 9.59 Å². The third-order valence-corrected chi connectivity index (χ3v) is 6.61.